The summed E-state index contributed by atoms with van der Waals surface area (Å²) >= 11 is 0. The van der Waals surface area contributed by atoms with Gasteiger partial charge >= 0.3 is 0 Å². The molecule has 1 heterocycles. The van der Waals surface area contributed by atoms with Gasteiger partial charge in [-0.15, -0.1) is 0 Å². The van der Waals surface area contributed by atoms with Crippen molar-refractivity contribution in [1.82, 2.24) is 25.3 Å². The molecule has 1 aliphatic rings. The van der Waals surface area contributed by atoms with Crippen LogP contribution in [0.4, 0.5) is 0 Å². The molecule has 1 amide bonds. The molecule has 0 aromatic carbocycles. The smallest absolute Gasteiger partial charge is 0.241 e. The fourth-order valence-electron chi connectivity index (χ4n) is 3.59. The van der Waals surface area contributed by atoms with Gasteiger partial charge in [0.05, 0.1) is 31.5 Å². The third-order valence-electron chi connectivity index (χ3n) is 5.28. The van der Waals surface area contributed by atoms with E-state index in [9.17, 15) is 4.79 Å². The molecule has 1 aromatic heterocycles. The van der Waals surface area contributed by atoms with E-state index in [1.54, 1.807) is 30.8 Å². The summed E-state index contributed by atoms with van der Waals surface area (Å²) in [5.41, 5.74) is 1.98. The fraction of sp³-hybridized carbons (Fsp3) is 0.750. The highest BCUT2D eigenvalue weighted by Gasteiger charge is 2.17. The Morgan fingerprint density at radius 3 is 2.61 bits per heavy atom. The first-order valence-electron chi connectivity index (χ1n) is 10.3. The van der Waals surface area contributed by atoms with E-state index >= 15 is 0 Å². The maximum absolute atomic E-state index is 12.0. The number of aromatic nitrogens is 2. The highest BCUT2D eigenvalue weighted by molar-refractivity contribution is 5.86. The van der Waals surface area contributed by atoms with Crippen molar-refractivity contribution in [3.8, 4) is 5.88 Å². The van der Waals surface area contributed by atoms with Crippen LogP contribution in [0, 0.1) is 5.92 Å². The summed E-state index contributed by atoms with van der Waals surface area (Å²) in [5, 5.41) is 11.1. The van der Waals surface area contributed by atoms with E-state index < -0.39 is 0 Å². The van der Waals surface area contributed by atoms with Crippen LogP contribution in [0.2, 0.25) is 0 Å². The Balaban J connectivity index is 2.09. The van der Waals surface area contributed by atoms with Crippen LogP contribution in [0.25, 0.3) is 0 Å². The van der Waals surface area contributed by atoms with Crippen molar-refractivity contribution in [2.24, 2.45) is 18.0 Å². The highest BCUT2D eigenvalue weighted by Crippen LogP contribution is 2.24. The van der Waals surface area contributed by atoms with Crippen LogP contribution in [0.5, 0.6) is 5.88 Å². The van der Waals surface area contributed by atoms with E-state index in [1.807, 2.05) is 7.05 Å². The summed E-state index contributed by atoms with van der Waals surface area (Å²) < 4.78 is 7.26. The van der Waals surface area contributed by atoms with Crippen molar-refractivity contribution in [2.75, 3.05) is 34.3 Å². The Kier molecular flexibility index (Phi) is 8.60. The number of hydrogen-bond donors (Lipinski definition) is 2. The second kappa shape index (κ2) is 10.9. The standard InChI is InChI=1S/C20H36N6O2/c1-6-17-16(19(28-5)26(4)24-17)13-22-20(23-14-18(27)25(2)3)21-12-15-10-8-7-9-11-15/h15H,6-14H2,1-5H3,(H2,21,22,23). The van der Waals surface area contributed by atoms with Crippen LogP contribution < -0.4 is 15.4 Å². The lowest BCUT2D eigenvalue weighted by Crippen LogP contribution is -2.44. The number of carbonyl (C=O) groups excluding carboxylic acids is 1. The number of hydrogen-bond acceptors (Lipinski definition) is 4. The molecule has 0 aliphatic heterocycles. The van der Waals surface area contributed by atoms with Gasteiger partial charge in [0.2, 0.25) is 11.8 Å². The van der Waals surface area contributed by atoms with E-state index in [1.165, 1.54) is 32.1 Å². The van der Waals surface area contributed by atoms with Gasteiger partial charge in [-0.3, -0.25) is 4.79 Å². The summed E-state index contributed by atoms with van der Waals surface area (Å²) in [6, 6.07) is 0. The lowest BCUT2D eigenvalue weighted by molar-refractivity contribution is -0.127. The molecule has 1 aliphatic carbocycles. The van der Waals surface area contributed by atoms with Gasteiger partial charge in [-0.1, -0.05) is 26.2 Å². The molecule has 0 saturated heterocycles. The van der Waals surface area contributed by atoms with Crippen LogP contribution in [-0.4, -0.2) is 60.8 Å². The molecule has 1 saturated carbocycles. The monoisotopic (exact) mass is 392 g/mol. The number of guanidine groups is 1. The van der Waals surface area contributed by atoms with E-state index in [0.29, 0.717) is 18.4 Å². The molecule has 2 rings (SSSR count). The Hall–Kier alpha value is -2.25. The molecular formula is C20H36N6O2. The van der Waals surface area contributed by atoms with Crippen LogP contribution in [0.15, 0.2) is 4.99 Å². The Labute approximate surface area is 168 Å². The minimum atomic E-state index is 0.0142. The molecule has 0 unspecified atom stereocenters. The molecule has 158 valence electrons. The van der Waals surface area contributed by atoms with Crippen molar-refractivity contribution in [1.29, 1.82) is 0 Å². The zero-order valence-electron chi connectivity index (χ0n) is 18.0. The van der Waals surface area contributed by atoms with Crippen LogP contribution in [-0.2, 0) is 24.8 Å². The average molecular weight is 393 g/mol. The third kappa shape index (κ3) is 6.14. The normalized spacial score (nSPS) is 15.4. The Bertz CT molecular complexity index is 662. The van der Waals surface area contributed by atoms with Crippen molar-refractivity contribution in [3.63, 3.8) is 0 Å². The zero-order valence-corrected chi connectivity index (χ0v) is 18.0. The van der Waals surface area contributed by atoms with Gasteiger partial charge in [-0.05, 0) is 25.2 Å². The van der Waals surface area contributed by atoms with Crippen molar-refractivity contribution < 1.29 is 9.53 Å². The van der Waals surface area contributed by atoms with Crippen LogP contribution >= 0.6 is 0 Å². The largest absolute Gasteiger partial charge is 0.481 e. The van der Waals surface area contributed by atoms with Gasteiger partial charge in [0.15, 0.2) is 5.96 Å². The van der Waals surface area contributed by atoms with Gasteiger partial charge in [-0.25, -0.2) is 9.67 Å². The predicted molar refractivity (Wildman–Crippen MR) is 112 cm³/mol. The lowest BCUT2D eigenvalue weighted by Gasteiger charge is -2.23. The SMILES string of the molecule is CCc1nn(C)c(OC)c1CN=C(NCC(=O)N(C)C)NCC1CCCCC1. The summed E-state index contributed by atoms with van der Waals surface area (Å²) in [6.45, 7) is 3.63. The molecule has 0 atom stereocenters. The fourth-order valence-corrected chi connectivity index (χ4v) is 3.59. The predicted octanol–water partition coefficient (Wildman–Crippen LogP) is 1.69. The number of methoxy groups -OCH3 is 1. The number of nitrogens with one attached hydrogen (secondary N) is 2. The second-order valence-corrected chi connectivity index (χ2v) is 7.60. The van der Waals surface area contributed by atoms with Gasteiger partial charge in [-0.2, -0.15) is 5.10 Å². The van der Waals surface area contributed by atoms with Gasteiger partial charge in [0.1, 0.15) is 0 Å². The Morgan fingerprint density at radius 2 is 2.00 bits per heavy atom. The quantitative estimate of drug-likeness (QED) is 0.520. The van der Waals surface area contributed by atoms with E-state index in [4.69, 9.17) is 9.73 Å². The first kappa shape index (κ1) is 22.0. The van der Waals surface area contributed by atoms with Crippen molar-refractivity contribution in [3.05, 3.63) is 11.3 Å². The van der Waals surface area contributed by atoms with Crippen LogP contribution in [0.3, 0.4) is 0 Å². The molecule has 0 bridgehead atoms. The molecule has 2 N–H and O–H groups in total. The molecule has 1 fully saturated rings. The zero-order chi connectivity index (χ0) is 20.5. The summed E-state index contributed by atoms with van der Waals surface area (Å²) in [5.74, 6) is 2.08. The molecule has 8 heteroatoms. The number of rotatable bonds is 8. The van der Waals surface area contributed by atoms with Gasteiger partial charge < -0.3 is 20.3 Å². The number of carbonyl (C=O) groups is 1. The molecule has 0 spiro atoms. The summed E-state index contributed by atoms with van der Waals surface area (Å²) in [4.78, 5) is 18.3. The maximum atomic E-state index is 12.0. The van der Waals surface area contributed by atoms with Crippen LogP contribution in [0.1, 0.15) is 50.3 Å². The summed E-state index contributed by atoms with van der Waals surface area (Å²) in [6.07, 6.45) is 7.28. The maximum Gasteiger partial charge on any atom is 0.241 e. The van der Waals surface area contributed by atoms with Crippen molar-refractivity contribution >= 4 is 11.9 Å². The third-order valence-corrected chi connectivity index (χ3v) is 5.28. The second-order valence-electron chi connectivity index (χ2n) is 7.60. The van der Waals surface area contributed by atoms with Gasteiger partial charge in [0, 0.05) is 27.7 Å². The molecule has 28 heavy (non-hydrogen) atoms. The molecule has 0 radical (unpaired) electrons. The lowest BCUT2D eigenvalue weighted by atomic mass is 9.89. The summed E-state index contributed by atoms with van der Waals surface area (Å²) in [7, 11) is 7.04. The molecule has 8 nitrogen and oxygen atoms in total. The minimum absolute atomic E-state index is 0.0142. The first-order chi connectivity index (χ1) is 13.5. The number of nitrogens with zero attached hydrogens (tertiary/aromatic N) is 4. The van der Waals surface area contributed by atoms with E-state index in [0.717, 1.165) is 30.1 Å². The number of amides is 1. The van der Waals surface area contributed by atoms with E-state index in [-0.39, 0.29) is 12.5 Å². The van der Waals surface area contributed by atoms with E-state index in [2.05, 4.69) is 22.7 Å². The number of likely N-dealkylation sites (N-methyl/N-ethyl adjacent to an activating group) is 1. The number of aliphatic imine (C=N–C) groups is 1. The van der Waals surface area contributed by atoms with Crippen molar-refractivity contribution in [2.45, 2.75) is 52.0 Å². The topological polar surface area (TPSA) is 83.8 Å². The highest BCUT2D eigenvalue weighted by atomic mass is 16.5. The Morgan fingerprint density at radius 1 is 1.29 bits per heavy atom. The average Bonchev–Trinajstić information content (AvgIpc) is 3.02. The molecular weight excluding hydrogens is 356 g/mol. The number of aryl methyl sites for hydroxylation is 2. The molecule has 1 aromatic rings. The van der Waals surface area contributed by atoms with Gasteiger partial charge in [0.25, 0.3) is 0 Å². The first-order valence-corrected chi connectivity index (χ1v) is 10.3. The minimum Gasteiger partial charge on any atom is -0.481 e. The number of ether oxygens (including phenoxy) is 1.